The molecule has 0 fully saturated rings. The molecule has 6 nitrogen and oxygen atoms in total. The zero-order valence-electron chi connectivity index (χ0n) is 7.51. The van der Waals surface area contributed by atoms with Crippen molar-refractivity contribution in [3.63, 3.8) is 0 Å². The van der Waals surface area contributed by atoms with E-state index < -0.39 is 5.09 Å². The minimum atomic E-state index is -1.75. The summed E-state index contributed by atoms with van der Waals surface area (Å²) in [5, 5.41) is 14.8. The van der Waals surface area contributed by atoms with Crippen molar-refractivity contribution in [2.45, 2.75) is 6.92 Å². The second-order valence-electron chi connectivity index (χ2n) is 2.27. The van der Waals surface area contributed by atoms with Crippen LogP contribution in [0, 0.1) is 22.2 Å². The first-order chi connectivity index (χ1) is 5.99. The normalized spacial score (nSPS) is 8.46. The monoisotopic (exact) mass is 185 g/mol. The Hall–Kier alpha value is -1.85. The fraction of sp³-hybridized carbons (Fsp3) is 0.286. The van der Waals surface area contributed by atoms with Crippen molar-refractivity contribution in [3.05, 3.63) is 40.1 Å². The number of nitrogens with zero attached hydrogens (tertiary/aromatic N) is 3. The highest BCUT2D eigenvalue weighted by Crippen LogP contribution is 1.90. The Morgan fingerprint density at radius 3 is 2.31 bits per heavy atom. The van der Waals surface area contributed by atoms with E-state index in [1.54, 1.807) is 6.20 Å². The lowest BCUT2D eigenvalue weighted by Crippen LogP contribution is -2.28. The van der Waals surface area contributed by atoms with Gasteiger partial charge in [-0.3, -0.25) is 0 Å². The summed E-state index contributed by atoms with van der Waals surface area (Å²) in [7, 11) is 2.01. The molecule has 1 rings (SSSR count). The van der Waals surface area contributed by atoms with E-state index in [1.165, 1.54) is 5.82 Å². The zero-order valence-corrected chi connectivity index (χ0v) is 7.51. The summed E-state index contributed by atoms with van der Waals surface area (Å²) in [6, 6.07) is 0. The van der Waals surface area contributed by atoms with Crippen molar-refractivity contribution in [2.75, 3.05) is 0 Å². The van der Waals surface area contributed by atoms with Gasteiger partial charge in [0, 0.05) is 6.92 Å². The molecule has 0 bridgehead atoms. The van der Waals surface area contributed by atoms with Crippen molar-refractivity contribution < 1.29 is 9.65 Å². The van der Waals surface area contributed by atoms with E-state index in [0.29, 0.717) is 0 Å². The number of imidazole rings is 1. The molecule has 72 valence electrons. The lowest BCUT2D eigenvalue weighted by molar-refractivity contribution is -0.676. The van der Waals surface area contributed by atoms with Gasteiger partial charge in [0.05, 0.1) is 18.3 Å². The van der Waals surface area contributed by atoms with Crippen molar-refractivity contribution in [2.24, 2.45) is 7.05 Å². The number of rotatable bonds is 1. The molecule has 6 heteroatoms. The Bertz CT molecular complexity index is 302. The van der Waals surface area contributed by atoms with Gasteiger partial charge in [-0.15, -0.1) is 0 Å². The highest BCUT2D eigenvalue weighted by molar-refractivity contribution is 5.16. The maximum absolute atomic E-state index is 8.25. The fourth-order valence-electron chi connectivity index (χ4n) is 0.763. The highest BCUT2D eigenvalue weighted by Gasteiger charge is 2.02. The third-order valence-corrected chi connectivity index (χ3v) is 1.53. The minimum Gasteiger partial charge on any atom is -0.356 e. The first kappa shape index (κ1) is 11.2. The third kappa shape index (κ3) is 3.90. The van der Waals surface area contributed by atoms with E-state index in [9.17, 15) is 0 Å². The van der Waals surface area contributed by atoms with Gasteiger partial charge >= 0.3 is 0 Å². The fourth-order valence-corrected chi connectivity index (χ4v) is 0.763. The summed E-state index contributed by atoms with van der Waals surface area (Å²) < 4.78 is 4.02. The van der Waals surface area contributed by atoms with Gasteiger partial charge in [-0.2, -0.15) is 0 Å². The van der Waals surface area contributed by atoms with Crippen LogP contribution in [0.15, 0.2) is 19.0 Å². The Morgan fingerprint density at radius 1 is 1.69 bits per heavy atom. The van der Waals surface area contributed by atoms with Crippen LogP contribution >= 0.6 is 0 Å². The molecular formula is C7H11N3O3. The molecule has 0 aromatic carbocycles. The predicted octanol–water partition coefficient (Wildman–Crippen LogP) is 0.482. The van der Waals surface area contributed by atoms with Crippen LogP contribution in [-0.4, -0.2) is 9.65 Å². The van der Waals surface area contributed by atoms with Crippen LogP contribution in [0.5, 0.6) is 0 Å². The molecule has 0 aliphatic rings. The van der Waals surface area contributed by atoms with Crippen LogP contribution in [-0.2, 0) is 7.05 Å². The van der Waals surface area contributed by atoms with Gasteiger partial charge in [0.1, 0.15) is 12.4 Å². The minimum absolute atomic E-state index is 1.19. The largest absolute Gasteiger partial charge is 0.356 e. The van der Waals surface area contributed by atoms with Crippen LogP contribution in [0.25, 0.3) is 6.20 Å². The summed E-state index contributed by atoms with van der Waals surface area (Å²) >= 11 is 0. The molecule has 1 aromatic rings. The van der Waals surface area contributed by atoms with E-state index in [2.05, 4.69) is 6.58 Å². The molecule has 0 atom stereocenters. The molecule has 0 N–H and O–H groups in total. The van der Waals surface area contributed by atoms with Crippen molar-refractivity contribution in [1.29, 1.82) is 0 Å². The first-order valence-corrected chi connectivity index (χ1v) is 3.46. The van der Waals surface area contributed by atoms with Gasteiger partial charge in [0.15, 0.2) is 0 Å². The smallest absolute Gasteiger partial charge is 0.257 e. The lowest BCUT2D eigenvalue weighted by atomic mass is 10.7. The second-order valence-corrected chi connectivity index (χ2v) is 2.27. The molecule has 1 heterocycles. The second kappa shape index (κ2) is 4.91. The average molecular weight is 185 g/mol. The number of aryl methyl sites for hydroxylation is 1. The topological polar surface area (TPSA) is 75.0 Å². The van der Waals surface area contributed by atoms with Crippen molar-refractivity contribution >= 4 is 6.20 Å². The van der Waals surface area contributed by atoms with Gasteiger partial charge < -0.3 is 15.3 Å². The molecule has 0 amide bonds. The quantitative estimate of drug-likeness (QED) is 0.363. The molecule has 13 heavy (non-hydrogen) atoms. The van der Waals surface area contributed by atoms with Gasteiger partial charge in [-0.1, -0.05) is 6.58 Å². The van der Waals surface area contributed by atoms with Crippen molar-refractivity contribution in [3.8, 4) is 0 Å². The number of hydrogen-bond donors (Lipinski definition) is 0. The molecule has 0 saturated heterocycles. The summed E-state index contributed by atoms with van der Waals surface area (Å²) in [4.78, 5) is 8.25. The molecule has 0 aliphatic carbocycles. The lowest BCUT2D eigenvalue weighted by Gasteiger charge is -1.86. The van der Waals surface area contributed by atoms with Crippen molar-refractivity contribution in [1.82, 2.24) is 4.57 Å². The Morgan fingerprint density at radius 2 is 2.15 bits per heavy atom. The zero-order chi connectivity index (χ0) is 10.4. The van der Waals surface area contributed by atoms with Crippen LogP contribution in [0.3, 0.4) is 0 Å². The number of aromatic nitrogens is 2. The van der Waals surface area contributed by atoms with E-state index in [0.717, 1.165) is 0 Å². The maximum Gasteiger partial charge on any atom is 0.257 e. The number of hydrogen-bond acceptors (Lipinski definition) is 3. The summed E-state index contributed by atoms with van der Waals surface area (Å²) in [6.45, 7) is 5.70. The molecule has 0 spiro atoms. The first-order valence-electron chi connectivity index (χ1n) is 3.46. The van der Waals surface area contributed by atoms with E-state index in [1.807, 2.05) is 35.5 Å². The Kier molecular flexibility index (Phi) is 4.21. The van der Waals surface area contributed by atoms with Gasteiger partial charge in [0.2, 0.25) is 0 Å². The molecule has 0 radical (unpaired) electrons. The highest BCUT2D eigenvalue weighted by atomic mass is 16.9. The van der Waals surface area contributed by atoms with E-state index >= 15 is 0 Å². The van der Waals surface area contributed by atoms with E-state index in [-0.39, 0.29) is 0 Å². The standard InChI is InChI=1S/C7H11N2.NO3/c1-4-9-6-5-8(3)7(9)2;2-1(3)4/h4-6H,1H2,2-3H3;/q+1;-1. The van der Waals surface area contributed by atoms with Crippen LogP contribution in [0.4, 0.5) is 0 Å². The Labute approximate surface area is 75.5 Å². The predicted molar refractivity (Wildman–Crippen MR) is 47.1 cm³/mol. The van der Waals surface area contributed by atoms with Gasteiger partial charge in [-0.25, -0.2) is 9.13 Å². The summed E-state index contributed by atoms with van der Waals surface area (Å²) in [5.74, 6) is 1.19. The van der Waals surface area contributed by atoms with Crippen LogP contribution in [0.2, 0.25) is 0 Å². The molecular weight excluding hydrogens is 174 g/mol. The summed E-state index contributed by atoms with van der Waals surface area (Å²) in [6.07, 6.45) is 5.76. The van der Waals surface area contributed by atoms with Crippen LogP contribution < -0.4 is 4.57 Å². The molecule has 1 aromatic heterocycles. The van der Waals surface area contributed by atoms with Gasteiger partial charge in [-0.05, 0) is 0 Å². The third-order valence-electron chi connectivity index (χ3n) is 1.53. The van der Waals surface area contributed by atoms with Gasteiger partial charge in [0.25, 0.3) is 5.82 Å². The molecule has 0 unspecified atom stereocenters. The maximum atomic E-state index is 8.25. The SMILES string of the molecule is C=Cn1cc[n+](C)c1C.O=[N+]([O-])[O-]. The van der Waals surface area contributed by atoms with Crippen LogP contribution in [0.1, 0.15) is 5.82 Å². The Balaban J connectivity index is 0.000000310. The summed E-state index contributed by atoms with van der Waals surface area (Å²) in [5.41, 5.74) is 0. The molecule has 0 aliphatic heterocycles. The molecule has 0 saturated carbocycles. The van der Waals surface area contributed by atoms with E-state index in [4.69, 9.17) is 15.3 Å². The average Bonchev–Trinajstić information content (AvgIpc) is 2.32.